The maximum Gasteiger partial charge on any atom is 0.338 e. The first-order chi connectivity index (χ1) is 9.53. The van der Waals surface area contributed by atoms with Crippen molar-refractivity contribution in [2.45, 2.75) is 0 Å². The van der Waals surface area contributed by atoms with E-state index in [0.717, 1.165) is 6.07 Å². The second-order valence-corrected chi connectivity index (χ2v) is 4.10. The van der Waals surface area contributed by atoms with Crippen LogP contribution in [0.15, 0.2) is 36.4 Å². The third-order valence-corrected chi connectivity index (χ3v) is 2.76. The molecule has 3 nitrogen and oxygen atoms in total. The van der Waals surface area contributed by atoms with Gasteiger partial charge in [-0.25, -0.2) is 13.6 Å². The molecule has 0 bridgehead atoms. The molecule has 0 amide bonds. The molecule has 0 saturated heterocycles. The van der Waals surface area contributed by atoms with Crippen LogP contribution in [-0.4, -0.2) is 20.2 Å². The van der Waals surface area contributed by atoms with Crippen LogP contribution in [0.3, 0.4) is 0 Å². The summed E-state index contributed by atoms with van der Waals surface area (Å²) in [5, 5.41) is 0. The molecule has 0 fully saturated rings. The third-order valence-electron chi connectivity index (χ3n) is 2.76. The van der Waals surface area contributed by atoms with Crippen LogP contribution in [0.25, 0.3) is 11.1 Å². The SMILES string of the molecule is COC(=O)c1cc(OC)cc(-c2cc(F)cc(F)c2)c1. The molecular formula is C15H12F2O3. The summed E-state index contributed by atoms with van der Waals surface area (Å²) in [5.41, 5.74) is 1.02. The smallest absolute Gasteiger partial charge is 0.338 e. The second kappa shape index (κ2) is 5.69. The molecule has 0 unspecified atom stereocenters. The largest absolute Gasteiger partial charge is 0.497 e. The van der Waals surface area contributed by atoms with Crippen molar-refractivity contribution < 1.29 is 23.0 Å². The predicted octanol–water partition coefficient (Wildman–Crippen LogP) is 3.43. The van der Waals surface area contributed by atoms with Crippen LogP contribution in [0, 0.1) is 11.6 Å². The number of methoxy groups -OCH3 is 2. The predicted molar refractivity (Wildman–Crippen MR) is 69.7 cm³/mol. The van der Waals surface area contributed by atoms with Gasteiger partial charge >= 0.3 is 5.97 Å². The van der Waals surface area contributed by atoms with Gasteiger partial charge < -0.3 is 9.47 Å². The molecule has 0 atom stereocenters. The molecule has 0 radical (unpaired) electrons. The molecule has 2 aromatic carbocycles. The van der Waals surface area contributed by atoms with E-state index in [-0.39, 0.29) is 5.56 Å². The van der Waals surface area contributed by atoms with Crippen LogP contribution in [0.2, 0.25) is 0 Å². The van der Waals surface area contributed by atoms with Gasteiger partial charge in [0.25, 0.3) is 0 Å². The van der Waals surface area contributed by atoms with Gasteiger partial charge in [-0.05, 0) is 41.5 Å². The van der Waals surface area contributed by atoms with Crippen molar-refractivity contribution in [2.75, 3.05) is 14.2 Å². The van der Waals surface area contributed by atoms with Crippen LogP contribution in [0.1, 0.15) is 10.4 Å². The summed E-state index contributed by atoms with van der Waals surface area (Å²) >= 11 is 0. The summed E-state index contributed by atoms with van der Waals surface area (Å²) < 4.78 is 36.2. The fourth-order valence-electron chi connectivity index (χ4n) is 1.84. The normalized spacial score (nSPS) is 10.2. The highest BCUT2D eigenvalue weighted by atomic mass is 19.1. The second-order valence-electron chi connectivity index (χ2n) is 4.10. The topological polar surface area (TPSA) is 35.5 Å². The number of rotatable bonds is 3. The molecule has 0 N–H and O–H groups in total. The Bertz CT molecular complexity index is 633. The molecule has 20 heavy (non-hydrogen) atoms. The van der Waals surface area contributed by atoms with Gasteiger partial charge in [0.05, 0.1) is 19.8 Å². The minimum absolute atomic E-state index is 0.242. The lowest BCUT2D eigenvalue weighted by atomic mass is 10.0. The summed E-state index contributed by atoms with van der Waals surface area (Å²) in [5.74, 6) is -1.54. The number of halogens is 2. The first-order valence-corrected chi connectivity index (χ1v) is 5.77. The summed E-state index contributed by atoms with van der Waals surface area (Å²) in [7, 11) is 2.69. The lowest BCUT2D eigenvalue weighted by Gasteiger charge is -2.08. The zero-order valence-corrected chi connectivity index (χ0v) is 10.9. The summed E-state index contributed by atoms with van der Waals surface area (Å²) in [6.07, 6.45) is 0. The third kappa shape index (κ3) is 2.93. The number of benzene rings is 2. The van der Waals surface area contributed by atoms with Gasteiger partial charge in [0.15, 0.2) is 0 Å². The van der Waals surface area contributed by atoms with Gasteiger partial charge in [-0.2, -0.15) is 0 Å². The molecule has 0 saturated carbocycles. The lowest BCUT2D eigenvalue weighted by Crippen LogP contribution is -2.02. The molecule has 0 spiro atoms. The van der Waals surface area contributed by atoms with Gasteiger partial charge in [-0.1, -0.05) is 0 Å². The van der Waals surface area contributed by atoms with E-state index < -0.39 is 17.6 Å². The van der Waals surface area contributed by atoms with Crippen molar-refractivity contribution in [2.24, 2.45) is 0 Å². The quantitative estimate of drug-likeness (QED) is 0.807. The zero-order chi connectivity index (χ0) is 14.7. The average molecular weight is 278 g/mol. The number of carbonyl (C=O) groups is 1. The fraction of sp³-hybridized carbons (Fsp3) is 0.133. The summed E-state index contributed by atoms with van der Waals surface area (Å²) in [4.78, 5) is 11.6. The zero-order valence-electron chi connectivity index (χ0n) is 10.9. The highest BCUT2D eigenvalue weighted by Crippen LogP contribution is 2.27. The minimum atomic E-state index is -0.692. The first kappa shape index (κ1) is 14.0. The Morgan fingerprint density at radius 1 is 0.900 bits per heavy atom. The Hall–Kier alpha value is -2.43. The summed E-state index contributed by atoms with van der Waals surface area (Å²) in [6.45, 7) is 0. The molecule has 104 valence electrons. The molecule has 0 aliphatic rings. The Morgan fingerprint density at radius 3 is 2.05 bits per heavy atom. The number of esters is 1. The van der Waals surface area contributed by atoms with Gasteiger partial charge in [0.2, 0.25) is 0 Å². The van der Waals surface area contributed by atoms with E-state index in [1.54, 1.807) is 6.07 Å². The molecule has 0 aliphatic carbocycles. The fourth-order valence-corrected chi connectivity index (χ4v) is 1.84. The highest BCUT2D eigenvalue weighted by Gasteiger charge is 2.11. The molecule has 0 aliphatic heterocycles. The van der Waals surface area contributed by atoms with Crippen molar-refractivity contribution in [1.29, 1.82) is 0 Å². The van der Waals surface area contributed by atoms with Crippen LogP contribution in [0.4, 0.5) is 8.78 Å². The van der Waals surface area contributed by atoms with E-state index in [1.807, 2.05) is 0 Å². The average Bonchev–Trinajstić information content (AvgIpc) is 2.44. The monoisotopic (exact) mass is 278 g/mol. The standard InChI is InChI=1S/C15H12F2O3/c1-19-14-6-9(3-11(7-14)15(18)20-2)10-4-12(16)8-13(17)5-10/h3-8H,1-2H3. The Balaban J connectivity index is 2.57. The Kier molecular flexibility index (Phi) is 3.98. The van der Waals surface area contributed by atoms with Crippen LogP contribution in [-0.2, 0) is 4.74 Å². The van der Waals surface area contributed by atoms with Crippen molar-refractivity contribution in [3.63, 3.8) is 0 Å². The number of carbonyl (C=O) groups excluding carboxylic acids is 1. The number of hydrogen-bond acceptors (Lipinski definition) is 3. The van der Waals surface area contributed by atoms with Crippen molar-refractivity contribution >= 4 is 5.97 Å². The maximum absolute atomic E-state index is 13.3. The Labute approximate surface area is 114 Å². The highest BCUT2D eigenvalue weighted by molar-refractivity contribution is 5.91. The van der Waals surface area contributed by atoms with E-state index in [9.17, 15) is 13.6 Å². The van der Waals surface area contributed by atoms with Gasteiger partial charge in [-0.15, -0.1) is 0 Å². The number of ether oxygens (including phenoxy) is 2. The molecular weight excluding hydrogens is 266 g/mol. The molecule has 2 aromatic rings. The first-order valence-electron chi connectivity index (χ1n) is 5.77. The van der Waals surface area contributed by atoms with E-state index in [2.05, 4.69) is 4.74 Å². The van der Waals surface area contributed by atoms with Crippen molar-refractivity contribution in [3.05, 3.63) is 53.6 Å². The summed E-state index contributed by atoms with van der Waals surface area (Å²) in [6, 6.07) is 7.71. The van der Waals surface area contributed by atoms with E-state index in [1.165, 1.54) is 38.5 Å². The van der Waals surface area contributed by atoms with Crippen LogP contribution < -0.4 is 4.74 Å². The van der Waals surface area contributed by atoms with Gasteiger partial charge in [0.1, 0.15) is 17.4 Å². The lowest BCUT2D eigenvalue weighted by molar-refractivity contribution is 0.0600. The van der Waals surface area contributed by atoms with Crippen LogP contribution in [0.5, 0.6) is 5.75 Å². The molecule has 0 heterocycles. The van der Waals surface area contributed by atoms with Gasteiger partial charge in [-0.3, -0.25) is 0 Å². The number of hydrogen-bond donors (Lipinski definition) is 0. The van der Waals surface area contributed by atoms with Crippen LogP contribution >= 0.6 is 0 Å². The van der Waals surface area contributed by atoms with Crippen molar-refractivity contribution in [3.8, 4) is 16.9 Å². The Morgan fingerprint density at radius 2 is 1.50 bits per heavy atom. The van der Waals surface area contributed by atoms with E-state index in [4.69, 9.17) is 4.74 Å². The minimum Gasteiger partial charge on any atom is -0.497 e. The van der Waals surface area contributed by atoms with E-state index >= 15 is 0 Å². The molecule has 5 heteroatoms. The molecule has 0 aromatic heterocycles. The molecule has 2 rings (SSSR count). The van der Waals surface area contributed by atoms with Gasteiger partial charge in [0, 0.05) is 6.07 Å². The van der Waals surface area contributed by atoms with E-state index in [0.29, 0.717) is 16.9 Å². The maximum atomic E-state index is 13.3. The van der Waals surface area contributed by atoms with Crippen molar-refractivity contribution in [1.82, 2.24) is 0 Å².